The van der Waals surface area contributed by atoms with E-state index in [1.165, 1.54) is 26.2 Å². The summed E-state index contributed by atoms with van der Waals surface area (Å²) in [5.41, 5.74) is -0.444. The van der Waals surface area contributed by atoms with Gasteiger partial charge in [0.1, 0.15) is 12.4 Å². The molecule has 1 atom stereocenters. The van der Waals surface area contributed by atoms with Crippen molar-refractivity contribution in [3.63, 3.8) is 0 Å². The smallest absolute Gasteiger partial charge is 0.407 e. The second kappa shape index (κ2) is 14.8. The van der Waals surface area contributed by atoms with Crippen molar-refractivity contribution in [1.82, 2.24) is 10.6 Å². The maximum atomic E-state index is 13.2. The van der Waals surface area contributed by atoms with Gasteiger partial charge in [-0.15, -0.1) is 0 Å². The van der Waals surface area contributed by atoms with Crippen LogP contribution in [0.2, 0.25) is 0 Å². The molecule has 1 unspecified atom stereocenters. The van der Waals surface area contributed by atoms with Gasteiger partial charge < -0.3 is 25.4 Å². The Labute approximate surface area is 268 Å². The molecule has 0 aliphatic carbocycles. The molecule has 3 aromatic carbocycles. The third-order valence-corrected chi connectivity index (χ3v) is 7.31. The fourth-order valence-electron chi connectivity index (χ4n) is 4.21. The predicted octanol–water partition coefficient (Wildman–Crippen LogP) is 7.11. The number of ether oxygens (including phenoxy) is 2. The second-order valence-electron chi connectivity index (χ2n) is 9.88. The van der Waals surface area contributed by atoms with Gasteiger partial charge >= 0.3 is 18.4 Å². The average molecular weight is 751 g/mol. The Hall–Kier alpha value is -4.02. The van der Waals surface area contributed by atoms with Crippen molar-refractivity contribution in [2.24, 2.45) is 0 Å². The number of carbonyl (C=O) groups excluding carboxylic acids is 3. The first-order valence-electron chi connectivity index (χ1n) is 13.2. The third-order valence-electron chi connectivity index (χ3n) is 6.41. The summed E-state index contributed by atoms with van der Waals surface area (Å²) in [7, 11) is 1.53. The molecule has 0 aliphatic heterocycles. The molecular weight excluding hydrogens is 723 g/mol. The topological polar surface area (TPSA) is 106 Å². The lowest BCUT2D eigenvalue weighted by Crippen LogP contribution is -2.39. The van der Waals surface area contributed by atoms with Crippen molar-refractivity contribution in [3.05, 3.63) is 92.1 Å². The van der Waals surface area contributed by atoms with E-state index >= 15 is 0 Å². The summed E-state index contributed by atoms with van der Waals surface area (Å²) in [4.78, 5) is 38.4. The molecule has 3 amide bonds. The van der Waals surface area contributed by atoms with Crippen LogP contribution in [0.4, 0.5) is 36.8 Å². The van der Waals surface area contributed by atoms with Gasteiger partial charge in [-0.25, -0.2) is 4.79 Å². The van der Waals surface area contributed by atoms with Gasteiger partial charge in [-0.1, -0.05) is 30.3 Å². The number of hydrogen-bond acceptors (Lipinski definition) is 5. The van der Waals surface area contributed by atoms with Crippen LogP contribution in [0.25, 0.3) is 0 Å². The monoisotopic (exact) mass is 751 g/mol. The third kappa shape index (κ3) is 9.73. The molecule has 3 aromatic rings. The van der Waals surface area contributed by atoms with Crippen LogP contribution in [0.15, 0.2) is 60.7 Å². The van der Waals surface area contributed by atoms with E-state index in [9.17, 15) is 40.7 Å². The largest absolute Gasteiger partial charge is 0.497 e. The molecular formula is C30H28F6IN3O5. The predicted molar refractivity (Wildman–Crippen MR) is 161 cm³/mol. The number of rotatable bonds is 10. The minimum absolute atomic E-state index is 0.0325. The van der Waals surface area contributed by atoms with Crippen LogP contribution in [-0.4, -0.2) is 50.0 Å². The van der Waals surface area contributed by atoms with Crippen LogP contribution in [0.5, 0.6) is 5.75 Å². The average Bonchev–Trinajstić information content (AvgIpc) is 2.94. The van der Waals surface area contributed by atoms with Crippen LogP contribution in [-0.2, 0) is 11.3 Å². The summed E-state index contributed by atoms with van der Waals surface area (Å²) in [5, 5.41) is 7.67. The summed E-state index contributed by atoms with van der Waals surface area (Å²) in [6.07, 6.45) is -11.9. The number of anilines is 1. The quantitative estimate of drug-likeness (QED) is 0.151. The van der Waals surface area contributed by atoms with Crippen molar-refractivity contribution in [3.8, 4) is 5.75 Å². The van der Waals surface area contributed by atoms with E-state index in [-0.39, 0.29) is 35.5 Å². The summed E-state index contributed by atoms with van der Waals surface area (Å²) < 4.78 is 89.6. The summed E-state index contributed by atoms with van der Waals surface area (Å²) in [5.74, 6) is -4.52. The van der Waals surface area contributed by atoms with E-state index in [2.05, 4.69) is 16.0 Å². The lowest BCUT2D eigenvalue weighted by Gasteiger charge is -2.24. The number of methoxy groups -OCH3 is 1. The summed E-state index contributed by atoms with van der Waals surface area (Å²) in [6, 6.07) is 13.0. The van der Waals surface area contributed by atoms with E-state index in [4.69, 9.17) is 9.47 Å². The molecule has 0 saturated carbocycles. The zero-order valence-electron chi connectivity index (χ0n) is 24.0. The summed E-state index contributed by atoms with van der Waals surface area (Å²) >= 11 is 1.84. The van der Waals surface area contributed by atoms with Crippen molar-refractivity contribution in [1.29, 1.82) is 0 Å². The van der Waals surface area contributed by atoms with Crippen molar-refractivity contribution in [2.75, 3.05) is 19.0 Å². The van der Waals surface area contributed by atoms with Gasteiger partial charge in [0.05, 0.1) is 24.3 Å². The minimum Gasteiger partial charge on any atom is -0.497 e. The maximum absolute atomic E-state index is 13.2. The van der Waals surface area contributed by atoms with E-state index in [0.717, 1.165) is 11.6 Å². The number of amides is 3. The van der Waals surface area contributed by atoms with Crippen LogP contribution < -0.4 is 20.7 Å². The van der Waals surface area contributed by atoms with Gasteiger partial charge in [0.25, 0.3) is 11.8 Å². The molecule has 0 aliphatic rings. The molecule has 0 heterocycles. The van der Waals surface area contributed by atoms with Gasteiger partial charge in [-0.2, -0.15) is 26.3 Å². The Kier molecular flexibility index (Phi) is 11.7. The molecule has 45 heavy (non-hydrogen) atoms. The Bertz CT molecular complexity index is 1520. The molecule has 0 spiro atoms. The lowest BCUT2D eigenvalue weighted by molar-refractivity contribution is -0.253. The normalized spacial score (nSPS) is 12.3. The standard InChI is InChI=1S/C30H28F6IN3O5/c1-16-13-19(25(29(31,32)33)30(34,35)36)9-12-23(16)40-26(41)21-5-4-6-22(37)24(21)27(42)39-17(2)15-45-28(43)38-14-18-7-10-20(44-3)11-8-18/h4-13,17,25H,14-15H2,1-3H3,(H,38,43)(H,39,42)(H,40,41). The number of nitrogens with one attached hydrogen (secondary N) is 3. The Morgan fingerprint density at radius 3 is 2.13 bits per heavy atom. The van der Waals surface area contributed by atoms with Gasteiger partial charge in [-0.05, 0) is 83.5 Å². The molecule has 0 aromatic heterocycles. The van der Waals surface area contributed by atoms with E-state index < -0.39 is 47.8 Å². The molecule has 3 N–H and O–H groups in total. The molecule has 3 rings (SSSR count). The minimum atomic E-state index is -5.57. The highest BCUT2D eigenvalue weighted by molar-refractivity contribution is 14.1. The fourth-order valence-corrected chi connectivity index (χ4v) is 4.95. The van der Waals surface area contributed by atoms with Gasteiger partial charge in [-0.3, -0.25) is 9.59 Å². The van der Waals surface area contributed by atoms with Crippen LogP contribution in [0.3, 0.4) is 0 Å². The number of benzene rings is 3. The highest BCUT2D eigenvalue weighted by Gasteiger charge is 2.57. The van der Waals surface area contributed by atoms with Crippen LogP contribution >= 0.6 is 22.6 Å². The summed E-state index contributed by atoms with van der Waals surface area (Å²) in [6.45, 7) is 2.82. The molecule has 242 valence electrons. The molecule has 8 nitrogen and oxygen atoms in total. The first-order valence-corrected chi connectivity index (χ1v) is 14.3. The fraction of sp³-hybridized carbons (Fsp3) is 0.300. The number of aryl methyl sites for hydroxylation is 1. The number of alkyl halides is 6. The van der Waals surface area contributed by atoms with E-state index in [1.54, 1.807) is 37.3 Å². The highest BCUT2D eigenvalue weighted by Crippen LogP contribution is 2.46. The molecule has 0 bridgehead atoms. The lowest BCUT2D eigenvalue weighted by atomic mass is 9.95. The molecule has 0 fully saturated rings. The van der Waals surface area contributed by atoms with E-state index in [0.29, 0.717) is 21.5 Å². The first kappa shape index (κ1) is 35.5. The molecule has 0 radical (unpaired) electrons. The van der Waals surface area contributed by atoms with Gasteiger partial charge in [0.15, 0.2) is 5.92 Å². The van der Waals surface area contributed by atoms with Crippen molar-refractivity contribution in [2.45, 2.75) is 44.7 Å². The first-order chi connectivity index (χ1) is 21.0. The second-order valence-corrected chi connectivity index (χ2v) is 11.0. The molecule has 15 heteroatoms. The molecule has 0 saturated heterocycles. The number of alkyl carbamates (subject to hydrolysis) is 1. The Morgan fingerprint density at radius 2 is 1.56 bits per heavy atom. The zero-order valence-corrected chi connectivity index (χ0v) is 26.2. The Balaban J connectivity index is 1.65. The van der Waals surface area contributed by atoms with E-state index in [1.807, 2.05) is 22.6 Å². The SMILES string of the molecule is COc1ccc(CNC(=O)OCC(C)NC(=O)c2c(I)cccc2C(=O)Nc2ccc(C(C(F)(F)F)C(F)(F)F)cc2C)cc1. The highest BCUT2D eigenvalue weighted by atomic mass is 127. The van der Waals surface area contributed by atoms with Gasteiger partial charge in [0, 0.05) is 15.8 Å². The van der Waals surface area contributed by atoms with Crippen LogP contribution in [0, 0.1) is 10.5 Å². The zero-order chi connectivity index (χ0) is 33.5. The number of carbonyl (C=O) groups is 3. The van der Waals surface area contributed by atoms with Crippen molar-refractivity contribution >= 4 is 46.2 Å². The van der Waals surface area contributed by atoms with Crippen LogP contribution in [0.1, 0.15) is 50.2 Å². The number of hydrogen-bond donors (Lipinski definition) is 3. The van der Waals surface area contributed by atoms with Gasteiger partial charge in [0.2, 0.25) is 0 Å². The Morgan fingerprint density at radius 1 is 0.911 bits per heavy atom. The van der Waals surface area contributed by atoms with Crippen molar-refractivity contribution < 1.29 is 50.2 Å². The maximum Gasteiger partial charge on any atom is 0.407 e. The number of halogens is 7.